The number of isocyanates is 1. The summed E-state index contributed by atoms with van der Waals surface area (Å²) in [6.07, 6.45) is 13.5. The highest BCUT2D eigenvalue weighted by Gasteiger charge is 2.26. The molecule has 0 N–H and O–H groups in total. The van der Waals surface area contributed by atoms with Gasteiger partial charge in [0.2, 0.25) is 6.08 Å². The first-order valence-electron chi connectivity index (χ1n) is 7.00. The third kappa shape index (κ3) is 7.58. The Labute approximate surface area is 118 Å². The maximum Gasteiger partial charge on any atom is 0.234 e. The SMILES string of the molecule is C=C(C)C1C=CC=CC1(C)C.CCCCCN=C=O. The van der Waals surface area contributed by atoms with Crippen LogP contribution in [0.25, 0.3) is 0 Å². The molecule has 2 heteroatoms. The molecule has 0 spiro atoms. The van der Waals surface area contributed by atoms with E-state index in [9.17, 15) is 4.79 Å². The highest BCUT2D eigenvalue weighted by molar-refractivity contribution is 5.32. The number of aliphatic imine (C=N–C) groups is 1. The molecule has 0 aliphatic heterocycles. The summed E-state index contributed by atoms with van der Waals surface area (Å²) >= 11 is 0. The van der Waals surface area contributed by atoms with Crippen LogP contribution < -0.4 is 0 Å². The molecule has 0 radical (unpaired) electrons. The molecule has 1 unspecified atom stereocenters. The van der Waals surface area contributed by atoms with Gasteiger partial charge in [-0.3, -0.25) is 0 Å². The Balaban J connectivity index is 0.000000362. The van der Waals surface area contributed by atoms with E-state index < -0.39 is 0 Å². The molecule has 0 bridgehead atoms. The maximum absolute atomic E-state index is 9.48. The van der Waals surface area contributed by atoms with Gasteiger partial charge < -0.3 is 0 Å². The molecule has 0 aromatic carbocycles. The van der Waals surface area contributed by atoms with Crippen LogP contribution in [0.15, 0.2) is 41.4 Å². The van der Waals surface area contributed by atoms with Crippen LogP contribution in [0.3, 0.4) is 0 Å². The Morgan fingerprint density at radius 1 is 1.37 bits per heavy atom. The normalized spacial score (nSPS) is 19.1. The molecule has 19 heavy (non-hydrogen) atoms. The highest BCUT2D eigenvalue weighted by Crippen LogP contribution is 2.36. The average Bonchev–Trinajstić information content (AvgIpc) is 2.34. The molecular weight excluding hydrogens is 234 g/mol. The molecule has 0 saturated heterocycles. The summed E-state index contributed by atoms with van der Waals surface area (Å²) in [6, 6.07) is 0. The summed E-state index contributed by atoms with van der Waals surface area (Å²) in [4.78, 5) is 12.9. The second kappa shape index (κ2) is 9.52. The Hall–Kier alpha value is -1.40. The van der Waals surface area contributed by atoms with Crippen LogP contribution in [0, 0.1) is 11.3 Å². The van der Waals surface area contributed by atoms with Crippen molar-refractivity contribution in [2.45, 2.75) is 47.0 Å². The van der Waals surface area contributed by atoms with Crippen molar-refractivity contribution in [1.82, 2.24) is 0 Å². The molecular formula is C17H27NO. The van der Waals surface area contributed by atoms with Gasteiger partial charge in [0.1, 0.15) is 0 Å². The smallest absolute Gasteiger partial charge is 0.211 e. The molecule has 106 valence electrons. The molecule has 0 fully saturated rings. The fourth-order valence-electron chi connectivity index (χ4n) is 2.12. The van der Waals surface area contributed by atoms with Crippen molar-refractivity contribution in [2.75, 3.05) is 6.54 Å². The fourth-order valence-corrected chi connectivity index (χ4v) is 2.12. The van der Waals surface area contributed by atoms with Gasteiger partial charge in [0.25, 0.3) is 0 Å². The summed E-state index contributed by atoms with van der Waals surface area (Å²) in [5, 5.41) is 0. The largest absolute Gasteiger partial charge is 0.234 e. The Kier molecular flexibility index (Phi) is 8.82. The minimum atomic E-state index is 0.251. The first-order valence-corrected chi connectivity index (χ1v) is 7.00. The monoisotopic (exact) mass is 261 g/mol. The zero-order chi connectivity index (χ0) is 14.7. The van der Waals surface area contributed by atoms with Crippen LogP contribution in [0.4, 0.5) is 0 Å². The van der Waals surface area contributed by atoms with E-state index in [2.05, 4.69) is 63.6 Å². The third-order valence-corrected chi connectivity index (χ3v) is 3.21. The van der Waals surface area contributed by atoms with Crippen LogP contribution in [-0.2, 0) is 4.79 Å². The summed E-state index contributed by atoms with van der Waals surface area (Å²) in [5.74, 6) is 0.507. The predicted molar refractivity (Wildman–Crippen MR) is 82.9 cm³/mol. The van der Waals surface area contributed by atoms with Crippen LogP contribution in [0.5, 0.6) is 0 Å². The summed E-state index contributed by atoms with van der Waals surface area (Å²) in [6.45, 7) is 13.3. The van der Waals surface area contributed by atoms with Gasteiger partial charge in [-0.1, -0.05) is 70.1 Å². The van der Waals surface area contributed by atoms with Crippen molar-refractivity contribution in [3.05, 3.63) is 36.5 Å². The van der Waals surface area contributed by atoms with Crippen LogP contribution in [-0.4, -0.2) is 12.6 Å². The van der Waals surface area contributed by atoms with Crippen LogP contribution >= 0.6 is 0 Å². The number of nitrogens with zero attached hydrogens (tertiary/aromatic N) is 1. The number of carbonyl (C=O) groups excluding carboxylic acids is 1. The van der Waals surface area contributed by atoms with Gasteiger partial charge in [-0.05, 0) is 18.8 Å². The van der Waals surface area contributed by atoms with E-state index >= 15 is 0 Å². The topological polar surface area (TPSA) is 29.4 Å². The molecule has 1 rings (SSSR count). The number of allylic oxidation sites excluding steroid dienone is 5. The van der Waals surface area contributed by atoms with E-state index in [0.717, 1.165) is 12.8 Å². The van der Waals surface area contributed by atoms with Gasteiger partial charge in [-0.15, -0.1) is 0 Å². The quantitative estimate of drug-likeness (QED) is 0.301. The summed E-state index contributed by atoms with van der Waals surface area (Å²) in [7, 11) is 0. The second-order valence-electron chi connectivity index (χ2n) is 5.57. The number of hydrogen-bond acceptors (Lipinski definition) is 2. The van der Waals surface area contributed by atoms with E-state index in [1.165, 1.54) is 18.1 Å². The number of hydrogen-bond donors (Lipinski definition) is 0. The maximum atomic E-state index is 9.48. The first kappa shape index (κ1) is 17.6. The second-order valence-corrected chi connectivity index (χ2v) is 5.57. The van der Waals surface area contributed by atoms with Crippen molar-refractivity contribution in [3.63, 3.8) is 0 Å². The van der Waals surface area contributed by atoms with Gasteiger partial charge in [0, 0.05) is 5.92 Å². The Morgan fingerprint density at radius 3 is 2.47 bits per heavy atom. The molecule has 0 heterocycles. The van der Waals surface area contributed by atoms with Gasteiger partial charge in [-0.25, -0.2) is 9.79 Å². The number of unbranched alkanes of at least 4 members (excludes halogenated alkanes) is 2. The molecule has 0 amide bonds. The Morgan fingerprint density at radius 2 is 2.05 bits per heavy atom. The lowest BCUT2D eigenvalue weighted by molar-refractivity contribution is 0.382. The fraction of sp³-hybridized carbons (Fsp3) is 0.588. The Bertz CT molecular complexity index is 371. The van der Waals surface area contributed by atoms with Gasteiger partial charge in [-0.2, -0.15) is 0 Å². The van der Waals surface area contributed by atoms with E-state index in [4.69, 9.17) is 0 Å². The van der Waals surface area contributed by atoms with Gasteiger partial charge in [0.05, 0.1) is 6.54 Å². The molecule has 0 aromatic heterocycles. The van der Waals surface area contributed by atoms with Crippen LogP contribution in [0.2, 0.25) is 0 Å². The minimum Gasteiger partial charge on any atom is -0.211 e. The van der Waals surface area contributed by atoms with Crippen LogP contribution in [0.1, 0.15) is 47.0 Å². The lowest BCUT2D eigenvalue weighted by Crippen LogP contribution is -2.22. The van der Waals surface area contributed by atoms with Gasteiger partial charge in [0.15, 0.2) is 0 Å². The molecule has 1 atom stereocenters. The van der Waals surface area contributed by atoms with Crippen molar-refractivity contribution in [2.24, 2.45) is 16.3 Å². The van der Waals surface area contributed by atoms with E-state index in [1.807, 2.05) is 0 Å². The molecule has 0 saturated carbocycles. The number of rotatable bonds is 5. The van der Waals surface area contributed by atoms with Crippen molar-refractivity contribution >= 4 is 6.08 Å². The molecule has 1 aliphatic carbocycles. The first-order chi connectivity index (χ1) is 8.95. The van der Waals surface area contributed by atoms with E-state index in [1.54, 1.807) is 0 Å². The zero-order valence-electron chi connectivity index (χ0n) is 12.8. The van der Waals surface area contributed by atoms with Crippen molar-refractivity contribution < 1.29 is 4.79 Å². The molecule has 2 nitrogen and oxygen atoms in total. The third-order valence-electron chi connectivity index (χ3n) is 3.21. The van der Waals surface area contributed by atoms with Crippen molar-refractivity contribution in [1.29, 1.82) is 0 Å². The minimum absolute atomic E-state index is 0.251. The molecule has 0 aromatic rings. The lowest BCUT2D eigenvalue weighted by Gasteiger charge is -2.31. The lowest BCUT2D eigenvalue weighted by atomic mass is 9.73. The van der Waals surface area contributed by atoms with Gasteiger partial charge >= 0.3 is 0 Å². The summed E-state index contributed by atoms with van der Waals surface area (Å²) < 4.78 is 0. The van der Waals surface area contributed by atoms with Crippen molar-refractivity contribution in [3.8, 4) is 0 Å². The predicted octanol–water partition coefficient (Wildman–Crippen LogP) is 4.84. The standard InChI is InChI=1S/C11H16.C6H11NO/c1-9(2)10-7-5-6-8-11(10,3)4;1-2-3-4-5-7-6-8/h5-8,10H,1H2,2-4H3;2-5H2,1H3. The van der Waals surface area contributed by atoms with E-state index in [-0.39, 0.29) is 5.41 Å². The zero-order valence-corrected chi connectivity index (χ0v) is 12.8. The molecule has 1 aliphatic rings. The summed E-state index contributed by atoms with van der Waals surface area (Å²) in [5.41, 5.74) is 1.50. The average molecular weight is 261 g/mol. The van der Waals surface area contributed by atoms with E-state index in [0.29, 0.717) is 12.5 Å². The highest BCUT2D eigenvalue weighted by atomic mass is 16.1.